The summed E-state index contributed by atoms with van der Waals surface area (Å²) in [5.74, 6) is 0.760. The Hall–Kier alpha value is -3.16. The molecule has 6 nitrogen and oxygen atoms in total. The zero-order valence-corrected chi connectivity index (χ0v) is 17.7. The third kappa shape index (κ3) is 4.69. The number of halogens is 1. The lowest BCUT2D eigenvalue weighted by atomic mass is 10.2. The molecule has 1 amide bonds. The molecule has 30 heavy (non-hydrogen) atoms. The van der Waals surface area contributed by atoms with Crippen LogP contribution in [0.15, 0.2) is 78.2 Å². The predicted octanol–water partition coefficient (Wildman–Crippen LogP) is 5.02. The molecule has 1 N–H and O–H groups in total. The molecule has 0 aliphatic rings. The van der Waals surface area contributed by atoms with Crippen LogP contribution >= 0.6 is 23.4 Å². The topological polar surface area (TPSA) is 72.7 Å². The molecule has 0 unspecified atom stereocenters. The lowest BCUT2D eigenvalue weighted by molar-refractivity contribution is -0.113. The van der Waals surface area contributed by atoms with Crippen LogP contribution in [-0.4, -0.2) is 31.4 Å². The summed E-state index contributed by atoms with van der Waals surface area (Å²) in [7, 11) is 0. The van der Waals surface area contributed by atoms with Gasteiger partial charge in [0.15, 0.2) is 11.0 Å². The number of thioether (sulfide) groups is 1. The Labute approximate surface area is 183 Å². The van der Waals surface area contributed by atoms with Gasteiger partial charge in [0.1, 0.15) is 0 Å². The van der Waals surface area contributed by atoms with E-state index in [1.54, 1.807) is 36.7 Å². The first-order chi connectivity index (χ1) is 14.6. The maximum atomic E-state index is 12.4. The summed E-state index contributed by atoms with van der Waals surface area (Å²) in [5, 5.41) is 12.8. The van der Waals surface area contributed by atoms with Crippen LogP contribution in [0.5, 0.6) is 0 Å². The third-order valence-corrected chi connectivity index (χ3v) is 5.51. The first-order valence-corrected chi connectivity index (χ1v) is 10.6. The average Bonchev–Trinajstić information content (AvgIpc) is 3.19. The van der Waals surface area contributed by atoms with Gasteiger partial charge >= 0.3 is 0 Å². The van der Waals surface area contributed by atoms with E-state index in [0.29, 0.717) is 21.7 Å². The minimum atomic E-state index is -0.133. The number of amides is 1. The van der Waals surface area contributed by atoms with Crippen molar-refractivity contribution in [2.24, 2.45) is 0 Å². The van der Waals surface area contributed by atoms with Gasteiger partial charge in [-0.05, 0) is 55.5 Å². The third-order valence-electron chi connectivity index (χ3n) is 4.32. The molecule has 0 bridgehead atoms. The van der Waals surface area contributed by atoms with Crippen molar-refractivity contribution in [1.29, 1.82) is 0 Å². The number of nitrogens with zero attached hydrogens (tertiary/aromatic N) is 4. The number of aryl methyl sites for hydroxylation is 1. The van der Waals surface area contributed by atoms with Crippen molar-refractivity contribution in [3.8, 4) is 17.1 Å². The van der Waals surface area contributed by atoms with Crippen LogP contribution in [0.4, 0.5) is 5.69 Å². The number of nitrogens with one attached hydrogen (secondary N) is 1. The van der Waals surface area contributed by atoms with E-state index in [1.165, 1.54) is 11.8 Å². The second-order valence-electron chi connectivity index (χ2n) is 6.56. The fourth-order valence-corrected chi connectivity index (χ4v) is 3.72. The molecule has 0 saturated heterocycles. The molecule has 0 fully saturated rings. The summed E-state index contributed by atoms with van der Waals surface area (Å²) in [6, 6.07) is 18.9. The molecule has 0 spiro atoms. The molecule has 150 valence electrons. The van der Waals surface area contributed by atoms with Crippen molar-refractivity contribution in [3.63, 3.8) is 0 Å². The van der Waals surface area contributed by atoms with Crippen LogP contribution in [-0.2, 0) is 4.79 Å². The maximum Gasteiger partial charge on any atom is 0.234 e. The highest BCUT2D eigenvalue weighted by Crippen LogP contribution is 2.28. The van der Waals surface area contributed by atoms with E-state index >= 15 is 0 Å². The first kappa shape index (κ1) is 20.1. The molecule has 2 aromatic heterocycles. The molecule has 0 radical (unpaired) electrons. The highest BCUT2D eigenvalue weighted by molar-refractivity contribution is 7.99. The quantitative estimate of drug-likeness (QED) is 0.430. The van der Waals surface area contributed by atoms with Crippen LogP contribution < -0.4 is 5.32 Å². The summed E-state index contributed by atoms with van der Waals surface area (Å²) in [6.07, 6.45) is 3.44. The van der Waals surface area contributed by atoms with Crippen molar-refractivity contribution in [3.05, 3.63) is 83.6 Å². The molecule has 8 heteroatoms. The zero-order chi connectivity index (χ0) is 20.9. The monoisotopic (exact) mass is 435 g/mol. The average molecular weight is 436 g/mol. The van der Waals surface area contributed by atoms with E-state index in [0.717, 1.165) is 16.8 Å². The minimum absolute atomic E-state index is 0.133. The number of hydrogen-bond acceptors (Lipinski definition) is 5. The molecule has 4 aromatic rings. The lowest BCUT2D eigenvalue weighted by Crippen LogP contribution is -2.14. The van der Waals surface area contributed by atoms with Gasteiger partial charge in [0.2, 0.25) is 5.91 Å². The van der Waals surface area contributed by atoms with Crippen LogP contribution in [0.2, 0.25) is 5.02 Å². The number of hydrogen-bond donors (Lipinski definition) is 1. The largest absolute Gasteiger partial charge is 0.325 e. The van der Waals surface area contributed by atoms with Crippen LogP contribution in [0, 0.1) is 6.92 Å². The van der Waals surface area contributed by atoms with Crippen molar-refractivity contribution in [2.45, 2.75) is 12.1 Å². The summed E-state index contributed by atoms with van der Waals surface area (Å²) < 4.78 is 1.95. The van der Waals surface area contributed by atoms with E-state index < -0.39 is 0 Å². The summed E-state index contributed by atoms with van der Waals surface area (Å²) in [5.41, 5.74) is 3.69. The molecule has 0 atom stereocenters. The number of carbonyl (C=O) groups excluding carboxylic acids is 1. The number of rotatable bonds is 6. The Bertz CT molecular complexity index is 1140. The van der Waals surface area contributed by atoms with E-state index in [1.807, 2.05) is 47.9 Å². The number of pyridine rings is 1. The normalized spacial score (nSPS) is 10.7. The molecule has 4 rings (SSSR count). The standard InChI is InChI=1S/C22H18ClN5OS/c1-15-2-8-19(9-3-15)28-21(16-10-12-24-13-11-16)26-27-22(28)30-14-20(29)25-18-6-4-17(23)5-7-18/h2-13H,14H2,1H3,(H,25,29). The summed E-state index contributed by atoms with van der Waals surface area (Å²) in [4.78, 5) is 16.5. The maximum absolute atomic E-state index is 12.4. The molecule has 2 heterocycles. The van der Waals surface area contributed by atoms with Gasteiger partial charge in [-0.3, -0.25) is 14.3 Å². The van der Waals surface area contributed by atoms with Gasteiger partial charge in [-0.15, -0.1) is 10.2 Å². The van der Waals surface area contributed by atoms with Gasteiger partial charge in [-0.2, -0.15) is 0 Å². The Morgan fingerprint density at radius 2 is 1.70 bits per heavy atom. The van der Waals surface area contributed by atoms with Crippen LogP contribution in [0.25, 0.3) is 17.1 Å². The second-order valence-corrected chi connectivity index (χ2v) is 7.94. The smallest absolute Gasteiger partial charge is 0.234 e. The van der Waals surface area contributed by atoms with Gasteiger partial charge in [-0.25, -0.2) is 0 Å². The van der Waals surface area contributed by atoms with Gasteiger partial charge < -0.3 is 5.32 Å². The molecular formula is C22H18ClN5OS. The summed E-state index contributed by atoms with van der Waals surface area (Å²) in [6.45, 7) is 2.04. The van der Waals surface area contributed by atoms with Gasteiger partial charge in [-0.1, -0.05) is 41.1 Å². The van der Waals surface area contributed by atoms with Gasteiger partial charge in [0.05, 0.1) is 5.75 Å². The number of benzene rings is 2. The number of anilines is 1. The van der Waals surface area contributed by atoms with Crippen LogP contribution in [0.3, 0.4) is 0 Å². The van der Waals surface area contributed by atoms with Crippen molar-refractivity contribution < 1.29 is 4.79 Å². The van der Waals surface area contributed by atoms with Crippen molar-refractivity contribution in [2.75, 3.05) is 11.1 Å². The molecule has 0 aliphatic heterocycles. The fraction of sp³-hybridized carbons (Fsp3) is 0.0909. The zero-order valence-electron chi connectivity index (χ0n) is 16.1. The van der Waals surface area contributed by atoms with Gasteiger partial charge in [0, 0.05) is 34.4 Å². The van der Waals surface area contributed by atoms with E-state index in [-0.39, 0.29) is 11.7 Å². The fourth-order valence-electron chi connectivity index (χ4n) is 2.84. The van der Waals surface area contributed by atoms with Gasteiger partial charge in [0.25, 0.3) is 0 Å². The molecular weight excluding hydrogens is 418 g/mol. The first-order valence-electron chi connectivity index (χ1n) is 9.21. The number of carbonyl (C=O) groups is 1. The van der Waals surface area contributed by atoms with Crippen LogP contribution in [0.1, 0.15) is 5.56 Å². The van der Waals surface area contributed by atoms with Crippen molar-refractivity contribution >= 4 is 35.0 Å². The summed E-state index contributed by atoms with van der Waals surface area (Å²) >= 11 is 7.22. The van der Waals surface area contributed by atoms with Crippen molar-refractivity contribution in [1.82, 2.24) is 19.7 Å². The highest BCUT2D eigenvalue weighted by Gasteiger charge is 2.17. The lowest BCUT2D eigenvalue weighted by Gasteiger charge is -2.11. The van der Waals surface area contributed by atoms with E-state index in [9.17, 15) is 4.79 Å². The van der Waals surface area contributed by atoms with E-state index in [4.69, 9.17) is 11.6 Å². The second kappa shape index (κ2) is 9.11. The Balaban J connectivity index is 1.58. The highest BCUT2D eigenvalue weighted by atomic mass is 35.5. The SMILES string of the molecule is Cc1ccc(-n2c(SCC(=O)Nc3ccc(Cl)cc3)nnc2-c2ccncc2)cc1. The molecule has 0 saturated carbocycles. The Morgan fingerprint density at radius 1 is 1.00 bits per heavy atom. The number of aromatic nitrogens is 4. The minimum Gasteiger partial charge on any atom is -0.325 e. The Morgan fingerprint density at radius 3 is 2.40 bits per heavy atom. The Kier molecular flexibility index (Phi) is 6.11. The molecule has 0 aliphatic carbocycles. The van der Waals surface area contributed by atoms with E-state index in [2.05, 4.69) is 20.5 Å². The molecule has 2 aromatic carbocycles. The predicted molar refractivity (Wildman–Crippen MR) is 120 cm³/mol.